The first kappa shape index (κ1) is 42.0. The summed E-state index contributed by atoms with van der Waals surface area (Å²) in [7, 11) is 0. The van der Waals surface area contributed by atoms with Gasteiger partial charge in [0.25, 0.3) is 0 Å². The number of nitrogens with zero attached hydrogens (tertiary/aromatic N) is 3. The zero-order valence-corrected chi connectivity index (χ0v) is 41.5. The second-order valence-corrected chi connectivity index (χ2v) is 20.5. The first-order valence-electron chi connectivity index (χ1n) is 27.6. The van der Waals surface area contributed by atoms with Crippen molar-refractivity contribution in [1.82, 2.24) is 15.0 Å². The number of aryl methyl sites for hydroxylation is 6. The fourth-order valence-electron chi connectivity index (χ4n) is 11.6. The molecule has 10 aromatic rings. The summed E-state index contributed by atoms with van der Waals surface area (Å²) in [6.07, 6.45) is 23.2. The van der Waals surface area contributed by atoms with Gasteiger partial charge in [0, 0.05) is 55.8 Å². The number of rotatable bonds is 13. The Balaban J connectivity index is 0.892. The zero-order chi connectivity index (χ0) is 52.1. The maximum absolute atomic E-state index is 8.60. The highest BCUT2D eigenvalue weighted by molar-refractivity contribution is 6.06. The highest BCUT2D eigenvalue weighted by atomic mass is 14.7. The van der Waals surface area contributed by atoms with Crippen LogP contribution in [0.1, 0.15) is 43.1 Å². The van der Waals surface area contributed by atoms with Crippen LogP contribution in [0.25, 0.3) is 77.9 Å². The quantitative estimate of drug-likeness (QED) is 0.108. The van der Waals surface area contributed by atoms with E-state index in [0.717, 1.165) is 96.2 Å². The first-order valence-corrected chi connectivity index (χ1v) is 26.1. The molecule has 0 atom stereocenters. The van der Waals surface area contributed by atoms with E-state index in [1.807, 2.05) is 42.6 Å². The Labute approximate surface area is 439 Å². The van der Waals surface area contributed by atoms with E-state index in [1.54, 1.807) is 12.3 Å². The standard InChI is InChI=1S/C71H57N3/c1-47-38-68(52-14-6-3-7-15-52)72-44-56(47)24-22-49-40-50(23-25-57-45-73-69(39-48(57)2)53-16-8-4-9-17-53)42-58(41-49)60-20-12-13-21-61(60)67-46-74-70(54-18-10-5-11-19-54)65-31-28-55(43-66(65)67)51-26-29-59(30-27-51)71-35-32-62-63(33-36-71)64(62)34-37-71/h3-21,26-46,62-64H,22-25H2,1-2H3/i1D3. The highest BCUT2D eigenvalue weighted by Crippen LogP contribution is 2.55. The zero-order valence-electron chi connectivity index (χ0n) is 44.5. The van der Waals surface area contributed by atoms with Gasteiger partial charge in [-0.15, -0.1) is 0 Å². The predicted molar refractivity (Wildman–Crippen MR) is 307 cm³/mol. The largest absolute Gasteiger partial charge is 0.256 e. The van der Waals surface area contributed by atoms with Gasteiger partial charge in [0.15, 0.2) is 0 Å². The third kappa shape index (κ3) is 8.73. The predicted octanol–water partition coefficient (Wildman–Crippen LogP) is 17.0. The Morgan fingerprint density at radius 1 is 0.405 bits per heavy atom. The third-order valence-electron chi connectivity index (χ3n) is 15.9. The average Bonchev–Trinajstić information content (AvgIpc) is 4.30. The first-order chi connectivity index (χ1) is 37.6. The molecule has 1 saturated carbocycles. The fourth-order valence-corrected chi connectivity index (χ4v) is 11.6. The summed E-state index contributed by atoms with van der Waals surface area (Å²) in [5, 5.41) is 2.22. The monoisotopic (exact) mass is 954 g/mol. The summed E-state index contributed by atoms with van der Waals surface area (Å²) in [6, 6.07) is 66.3. The number of benzene rings is 7. The van der Waals surface area contributed by atoms with Gasteiger partial charge in [0.05, 0.1) is 17.1 Å². The van der Waals surface area contributed by atoms with Crippen LogP contribution in [0.4, 0.5) is 0 Å². The summed E-state index contributed by atoms with van der Waals surface area (Å²) in [5.74, 6) is 1.93. The van der Waals surface area contributed by atoms with Gasteiger partial charge >= 0.3 is 0 Å². The molecule has 74 heavy (non-hydrogen) atoms. The van der Waals surface area contributed by atoms with Crippen LogP contribution in [0.5, 0.6) is 0 Å². The van der Waals surface area contributed by atoms with Gasteiger partial charge in [-0.25, -0.2) is 0 Å². The molecule has 0 unspecified atom stereocenters. The lowest BCUT2D eigenvalue weighted by Crippen LogP contribution is -2.16. The maximum atomic E-state index is 8.60. The highest BCUT2D eigenvalue weighted by Gasteiger charge is 2.49. The van der Waals surface area contributed by atoms with Crippen LogP contribution in [0.2, 0.25) is 0 Å². The van der Waals surface area contributed by atoms with Crippen LogP contribution in [0.3, 0.4) is 0 Å². The molecule has 14 rings (SSSR count). The molecule has 0 aliphatic heterocycles. The minimum Gasteiger partial charge on any atom is -0.256 e. The smallest absolute Gasteiger partial charge is 0.0780 e. The summed E-state index contributed by atoms with van der Waals surface area (Å²) >= 11 is 0. The Hall–Kier alpha value is -8.53. The molecule has 0 radical (unpaired) electrons. The molecular formula is C71H57N3. The summed E-state index contributed by atoms with van der Waals surface area (Å²) < 4.78 is 25.8. The lowest BCUT2D eigenvalue weighted by molar-refractivity contribution is 0.859. The topological polar surface area (TPSA) is 38.7 Å². The molecule has 4 bridgehead atoms. The van der Waals surface area contributed by atoms with Crippen LogP contribution < -0.4 is 0 Å². The van der Waals surface area contributed by atoms with Crippen molar-refractivity contribution < 1.29 is 4.11 Å². The lowest BCUT2D eigenvalue weighted by Gasteiger charge is -2.24. The fraction of sp³-hybridized carbons (Fsp3) is 0.141. The van der Waals surface area contributed by atoms with Crippen LogP contribution in [-0.2, 0) is 31.1 Å². The van der Waals surface area contributed by atoms with Crippen LogP contribution in [0.15, 0.2) is 243 Å². The number of fused-ring (bicyclic) bond motifs is 1. The number of allylic oxidation sites excluding steroid dienone is 6. The molecule has 7 aromatic carbocycles. The molecule has 0 amide bonds. The Bertz CT molecular complexity index is 3880. The molecule has 356 valence electrons. The van der Waals surface area contributed by atoms with Gasteiger partial charge in [0.1, 0.15) is 0 Å². The van der Waals surface area contributed by atoms with E-state index in [1.165, 1.54) is 22.3 Å². The van der Waals surface area contributed by atoms with E-state index in [2.05, 4.69) is 195 Å². The van der Waals surface area contributed by atoms with E-state index in [9.17, 15) is 0 Å². The van der Waals surface area contributed by atoms with Crippen molar-refractivity contribution in [2.45, 2.75) is 44.9 Å². The average molecular weight is 955 g/mol. The van der Waals surface area contributed by atoms with Gasteiger partial charge in [-0.1, -0.05) is 206 Å². The van der Waals surface area contributed by atoms with Gasteiger partial charge in [-0.3, -0.25) is 15.0 Å². The molecule has 3 heteroatoms. The van der Waals surface area contributed by atoms with E-state index in [-0.39, 0.29) is 5.41 Å². The van der Waals surface area contributed by atoms with Crippen molar-refractivity contribution >= 4 is 10.8 Å². The number of hydrogen-bond donors (Lipinski definition) is 0. The summed E-state index contributed by atoms with van der Waals surface area (Å²) in [6.45, 7) is -0.119. The van der Waals surface area contributed by atoms with Crippen molar-refractivity contribution in [2.24, 2.45) is 17.8 Å². The summed E-state index contributed by atoms with van der Waals surface area (Å²) in [5.41, 5.74) is 19.2. The van der Waals surface area contributed by atoms with Crippen molar-refractivity contribution in [1.29, 1.82) is 0 Å². The molecule has 4 aliphatic rings. The molecule has 0 N–H and O–H groups in total. The molecule has 4 aliphatic carbocycles. The Kier molecular flexibility index (Phi) is 10.9. The minimum atomic E-state index is -2.30. The van der Waals surface area contributed by atoms with Crippen LogP contribution in [-0.4, -0.2) is 15.0 Å². The molecule has 0 spiro atoms. The molecular weight excluding hydrogens is 895 g/mol. The SMILES string of the molecule is [2H]C([2H])([2H])c1cc(-c2ccccc2)ncc1CCc1cc(CCc2cnc(-c3ccccc3)cc2C)cc(-c2ccccc2-c2cnc(-c3ccccc3)c3ccc(-c4ccc(C56C=CC7C(C=C5)C7C=C6)cc4)cc23)c1. The van der Waals surface area contributed by atoms with E-state index < -0.39 is 6.85 Å². The van der Waals surface area contributed by atoms with Gasteiger partial charge in [-0.05, 0) is 148 Å². The summed E-state index contributed by atoms with van der Waals surface area (Å²) in [4.78, 5) is 15.0. The second-order valence-electron chi connectivity index (χ2n) is 20.5. The van der Waals surface area contributed by atoms with Crippen molar-refractivity contribution in [3.05, 3.63) is 282 Å². The molecule has 1 fully saturated rings. The van der Waals surface area contributed by atoms with Gasteiger partial charge in [-0.2, -0.15) is 0 Å². The van der Waals surface area contributed by atoms with Crippen LogP contribution >= 0.6 is 0 Å². The van der Waals surface area contributed by atoms with Crippen LogP contribution in [0, 0.1) is 31.5 Å². The minimum absolute atomic E-state index is 0.208. The third-order valence-corrected chi connectivity index (χ3v) is 15.9. The number of hydrogen-bond acceptors (Lipinski definition) is 3. The molecule has 3 heterocycles. The number of aromatic nitrogens is 3. The second kappa shape index (κ2) is 19.1. The van der Waals surface area contributed by atoms with Gasteiger partial charge < -0.3 is 0 Å². The normalized spacial score (nSPS) is 18.9. The Morgan fingerprint density at radius 2 is 0.932 bits per heavy atom. The number of pyridine rings is 3. The van der Waals surface area contributed by atoms with E-state index in [4.69, 9.17) is 19.1 Å². The molecule has 3 nitrogen and oxygen atoms in total. The maximum Gasteiger partial charge on any atom is 0.0780 e. The van der Waals surface area contributed by atoms with E-state index in [0.29, 0.717) is 41.9 Å². The molecule has 3 aromatic heterocycles. The van der Waals surface area contributed by atoms with Crippen molar-refractivity contribution in [3.63, 3.8) is 0 Å². The van der Waals surface area contributed by atoms with Crippen molar-refractivity contribution in [2.75, 3.05) is 0 Å². The van der Waals surface area contributed by atoms with Gasteiger partial charge in [0.2, 0.25) is 0 Å². The molecule has 0 saturated heterocycles. The Morgan fingerprint density at radius 3 is 1.53 bits per heavy atom. The van der Waals surface area contributed by atoms with Crippen molar-refractivity contribution in [3.8, 4) is 67.2 Å². The lowest BCUT2D eigenvalue weighted by atomic mass is 9.79. The van der Waals surface area contributed by atoms with E-state index >= 15 is 0 Å².